The molecular weight excluding hydrogens is 202 g/mol. The van der Waals surface area contributed by atoms with E-state index in [0.717, 1.165) is 4.88 Å². The fraction of sp³-hybridized carbons (Fsp3) is 0.444. The van der Waals surface area contributed by atoms with Gasteiger partial charge in [-0.1, -0.05) is 0 Å². The molecule has 5 heteroatoms. The Morgan fingerprint density at radius 2 is 2.50 bits per heavy atom. The monoisotopic (exact) mass is 215 g/mol. The Hall–Kier alpha value is -0.910. The predicted molar refractivity (Wildman–Crippen MR) is 54.5 cm³/mol. The Morgan fingerprint density at radius 3 is 3.00 bits per heavy atom. The van der Waals surface area contributed by atoms with Crippen molar-refractivity contribution in [3.63, 3.8) is 0 Å². The Bertz CT molecular complexity index is 307. The molecule has 4 nitrogen and oxygen atoms in total. The highest BCUT2D eigenvalue weighted by Gasteiger charge is 2.14. The summed E-state index contributed by atoms with van der Waals surface area (Å²) >= 11 is 1.41. The highest BCUT2D eigenvalue weighted by molar-refractivity contribution is 7.10. The SMILES string of the molecule is COC(=O)c1csc(C(CN)CO)c1. The average Bonchev–Trinajstić information content (AvgIpc) is 2.68. The number of methoxy groups -OCH3 is 1. The minimum absolute atomic E-state index is 0.00236. The van der Waals surface area contributed by atoms with Gasteiger partial charge in [0.05, 0.1) is 19.3 Å². The number of carbonyl (C=O) groups excluding carboxylic acids is 1. The normalized spacial score (nSPS) is 12.5. The average molecular weight is 215 g/mol. The van der Waals surface area contributed by atoms with Gasteiger partial charge in [-0.15, -0.1) is 11.3 Å². The second-order valence-electron chi connectivity index (χ2n) is 2.84. The van der Waals surface area contributed by atoms with Crippen LogP contribution in [0.15, 0.2) is 11.4 Å². The molecule has 14 heavy (non-hydrogen) atoms. The van der Waals surface area contributed by atoms with Crippen molar-refractivity contribution in [1.29, 1.82) is 0 Å². The summed E-state index contributed by atoms with van der Waals surface area (Å²) in [5.74, 6) is -0.445. The maximum absolute atomic E-state index is 11.1. The van der Waals surface area contributed by atoms with Crippen molar-refractivity contribution in [2.24, 2.45) is 5.73 Å². The molecule has 0 saturated heterocycles. The van der Waals surface area contributed by atoms with Crippen molar-refractivity contribution in [2.75, 3.05) is 20.3 Å². The van der Waals surface area contributed by atoms with E-state index in [1.54, 1.807) is 11.4 Å². The second kappa shape index (κ2) is 5.09. The summed E-state index contributed by atoms with van der Waals surface area (Å²) in [5, 5.41) is 10.7. The maximum Gasteiger partial charge on any atom is 0.338 e. The molecule has 1 aromatic rings. The van der Waals surface area contributed by atoms with Crippen LogP contribution in [0.1, 0.15) is 21.2 Å². The summed E-state index contributed by atoms with van der Waals surface area (Å²) in [6.07, 6.45) is 0. The molecule has 1 aromatic heterocycles. The van der Waals surface area contributed by atoms with E-state index in [-0.39, 0.29) is 18.5 Å². The third-order valence-electron chi connectivity index (χ3n) is 1.95. The Morgan fingerprint density at radius 1 is 1.79 bits per heavy atom. The van der Waals surface area contributed by atoms with E-state index in [2.05, 4.69) is 4.74 Å². The van der Waals surface area contributed by atoms with E-state index in [0.29, 0.717) is 12.1 Å². The van der Waals surface area contributed by atoms with Gasteiger partial charge in [-0.3, -0.25) is 0 Å². The van der Waals surface area contributed by atoms with E-state index in [1.165, 1.54) is 18.4 Å². The number of hydrogen-bond donors (Lipinski definition) is 2. The zero-order valence-corrected chi connectivity index (χ0v) is 8.71. The lowest BCUT2D eigenvalue weighted by atomic mass is 10.1. The van der Waals surface area contributed by atoms with Gasteiger partial charge in [0.1, 0.15) is 0 Å². The van der Waals surface area contributed by atoms with E-state index in [9.17, 15) is 4.79 Å². The molecule has 1 atom stereocenters. The van der Waals surface area contributed by atoms with Crippen LogP contribution in [0.2, 0.25) is 0 Å². The lowest BCUT2D eigenvalue weighted by molar-refractivity contribution is 0.0601. The molecular formula is C9H13NO3S. The third kappa shape index (κ3) is 2.31. The zero-order valence-electron chi connectivity index (χ0n) is 7.90. The van der Waals surface area contributed by atoms with Gasteiger partial charge < -0.3 is 15.6 Å². The molecule has 0 fully saturated rings. The van der Waals surface area contributed by atoms with Crippen LogP contribution in [0, 0.1) is 0 Å². The first kappa shape index (κ1) is 11.2. The van der Waals surface area contributed by atoms with Gasteiger partial charge in [-0.25, -0.2) is 4.79 Å². The summed E-state index contributed by atoms with van der Waals surface area (Å²) in [4.78, 5) is 12.0. The lowest BCUT2D eigenvalue weighted by Gasteiger charge is -2.07. The summed E-state index contributed by atoms with van der Waals surface area (Å²) in [6, 6.07) is 1.71. The summed E-state index contributed by atoms with van der Waals surface area (Å²) in [6.45, 7) is 0.370. The fourth-order valence-corrected chi connectivity index (χ4v) is 2.06. The number of hydrogen-bond acceptors (Lipinski definition) is 5. The standard InChI is InChI=1S/C9H13NO3S/c1-13-9(12)6-2-8(14-5-6)7(3-10)4-11/h2,5,7,11H,3-4,10H2,1H3. The van der Waals surface area contributed by atoms with Crippen molar-refractivity contribution in [2.45, 2.75) is 5.92 Å². The first-order valence-electron chi connectivity index (χ1n) is 4.20. The van der Waals surface area contributed by atoms with Gasteiger partial charge in [0.15, 0.2) is 0 Å². The first-order valence-corrected chi connectivity index (χ1v) is 5.08. The largest absolute Gasteiger partial charge is 0.465 e. The number of thiophene rings is 1. The van der Waals surface area contributed by atoms with Gasteiger partial charge >= 0.3 is 5.97 Å². The molecule has 0 saturated carbocycles. The molecule has 1 heterocycles. The molecule has 1 unspecified atom stereocenters. The van der Waals surface area contributed by atoms with E-state index in [4.69, 9.17) is 10.8 Å². The van der Waals surface area contributed by atoms with E-state index < -0.39 is 0 Å². The van der Waals surface area contributed by atoms with Crippen LogP contribution in [0.25, 0.3) is 0 Å². The maximum atomic E-state index is 11.1. The highest BCUT2D eigenvalue weighted by atomic mass is 32.1. The minimum atomic E-state index is -0.360. The van der Waals surface area contributed by atoms with Crippen molar-refractivity contribution in [3.05, 3.63) is 21.9 Å². The Labute approximate surface area is 86.3 Å². The molecule has 0 aliphatic heterocycles. The topological polar surface area (TPSA) is 72.5 Å². The van der Waals surface area contributed by atoms with Crippen LogP contribution in [-0.2, 0) is 4.74 Å². The predicted octanol–water partition coefficient (Wildman–Crippen LogP) is 0.569. The van der Waals surface area contributed by atoms with Crippen molar-refractivity contribution in [1.82, 2.24) is 0 Å². The smallest absolute Gasteiger partial charge is 0.338 e. The number of aliphatic hydroxyl groups excluding tert-OH is 1. The van der Waals surface area contributed by atoms with Crippen LogP contribution in [0.3, 0.4) is 0 Å². The number of carbonyl (C=O) groups is 1. The van der Waals surface area contributed by atoms with E-state index >= 15 is 0 Å². The van der Waals surface area contributed by atoms with Crippen LogP contribution in [-0.4, -0.2) is 31.3 Å². The quantitative estimate of drug-likeness (QED) is 0.720. The van der Waals surface area contributed by atoms with Gasteiger partial charge in [0.2, 0.25) is 0 Å². The molecule has 0 aliphatic rings. The van der Waals surface area contributed by atoms with Gasteiger partial charge in [0.25, 0.3) is 0 Å². The Kier molecular flexibility index (Phi) is 4.06. The number of aliphatic hydroxyl groups is 1. The van der Waals surface area contributed by atoms with Crippen LogP contribution in [0.5, 0.6) is 0 Å². The molecule has 1 rings (SSSR count). The molecule has 0 amide bonds. The summed E-state index contributed by atoms with van der Waals surface area (Å²) < 4.78 is 4.57. The molecule has 0 bridgehead atoms. The van der Waals surface area contributed by atoms with Crippen LogP contribution < -0.4 is 5.73 Å². The lowest BCUT2D eigenvalue weighted by Crippen LogP contribution is -2.14. The number of rotatable bonds is 4. The molecule has 0 aliphatic carbocycles. The highest BCUT2D eigenvalue weighted by Crippen LogP contribution is 2.23. The van der Waals surface area contributed by atoms with Gasteiger partial charge in [-0.2, -0.15) is 0 Å². The Balaban J connectivity index is 2.81. The van der Waals surface area contributed by atoms with Crippen LogP contribution in [0.4, 0.5) is 0 Å². The van der Waals surface area contributed by atoms with Crippen molar-refractivity contribution in [3.8, 4) is 0 Å². The number of esters is 1. The summed E-state index contributed by atoms with van der Waals surface area (Å²) in [7, 11) is 1.34. The van der Waals surface area contributed by atoms with Crippen LogP contribution >= 0.6 is 11.3 Å². The molecule has 0 radical (unpaired) electrons. The summed E-state index contributed by atoms with van der Waals surface area (Å²) in [5.41, 5.74) is 5.98. The minimum Gasteiger partial charge on any atom is -0.465 e. The van der Waals surface area contributed by atoms with E-state index in [1.807, 2.05) is 0 Å². The van der Waals surface area contributed by atoms with Crippen molar-refractivity contribution >= 4 is 17.3 Å². The molecule has 0 spiro atoms. The van der Waals surface area contributed by atoms with Gasteiger partial charge in [0, 0.05) is 22.7 Å². The first-order chi connectivity index (χ1) is 6.72. The van der Waals surface area contributed by atoms with Crippen molar-refractivity contribution < 1.29 is 14.6 Å². The molecule has 0 aromatic carbocycles. The molecule has 3 N–H and O–H groups in total. The molecule has 78 valence electrons. The fourth-order valence-electron chi connectivity index (χ4n) is 1.07. The third-order valence-corrected chi connectivity index (χ3v) is 3.04. The second-order valence-corrected chi connectivity index (χ2v) is 3.79. The zero-order chi connectivity index (χ0) is 10.6. The number of nitrogens with two attached hydrogens (primary N) is 1. The number of ether oxygens (including phenoxy) is 1. The van der Waals surface area contributed by atoms with Gasteiger partial charge in [-0.05, 0) is 6.07 Å².